The van der Waals surface area contributed by atoms with Gasteiger partial charge in [-0.2, -0.15) is 0 Å². The summed E-state index contributed by atoms with van der Waals surface area (Å²) in [5.41, 5.74) is 0. The maximum atomic E-state index is 9.49. The van der Waals surface area contributed by atoms with E-state index in [1.54, 1.807) is 0 Å². The summed E-state index contributed by atoms with van der Waals surface area (Å²) in [5, 5.41) is -0.437. The Morgan fingerprint density at radius 3 is 1.83 bits per heavy atom. The van der Waals surface area contributed by atoms with Crippen LogP contribution >= 0.6 is 25.4 Å². The monoisotopic (exact) mass is 233 g/mol. The van der Waals surface area contributed by atoms with Gasteiger partial charge in [0, 0.05) is 0 Å². The van der Waals surface area contributed by atoms with E-state index < -0.39 is 5.24 Å². The molecule has 0 saturated heterocycles. The molecule has 5 heteroatoms. The zero-order valence-corrected chi connectivity index (χ0v) is 8.83. The van der Waals surface area contributed by atoms with Crippen molar-refractivity contribution in [3.05, 3.63) is 0 Å². The van der Waals surface area contributed by atoms with Crippen molar-refractivity contribution in [1.82, 2.24) is 4.72 Å². The van der Waals surface area contributed by atoms with Gasteiger partial charge in [0.15, 0.2) is 0 Å². The summed E-state index contributed by atoms with van der Waals surface area (Å²) in [6.45, 7) is 0. The van der Waals surface area contributed by atoms with Crippen molar-refractivity contribution >= 4 is 55.1 Å². The van der Waals surface area contributed by atoms with Crippen LogP contribution in [0, 0.1) is 0 Å². The Morgan fingerprint density at radius 2 is 1.83 bits per heavy atom. The number of thiol groups is 2. The molecule has 6 heavy (non-hydrogen) atoms. The fourth-order valence-electron chi connectivity index (χ4n) is 0. The summed E-state index contributed by atoms with van der Waals surface area (Å²) in [6.07, 6.45) is 0. The average Bonchev–Trinajstić information content (AvgIpc) is 1.38. The normalized spacial score (nSPS) is 5.67. The molecule has 0 aliphatic heterocycles. The van der Waals surface area contributed by atoms with E-state index in [0.717, 1.165) is 0 Å². The molecular weight excluding hydrogens is 228 g/mol. The Hall–Kier alpha value is 0.988. The van der Waals surface area contributed by atoms with Crippen LogP contribution in [-0.2, 0) is 0 Å². The van der Waals surface area contributed by atoms with Gasteiger partial charge in [0.05, 0.1) is 0 Å². The molecule has 0 aliphatic rings. The Kier molecular flexibility index (Phi) is 10.1. The SMILES string of the molecule is O=C(S)NS.[SbH3]. The molecule has 2 nitrogen and oxygen atoms in total. The first-order valence-corrected chi connectivity index (χ1v) is 1.80. The molecule has 0 aromatic heterocycles. The average molecular weight is 234 g/mol. The van der Waals surface area contributed by atoms with E-state index in [4.69, 9.17) is 0 Å². The van der Waals surface area contributed by atoms with Crippen LogP contribution < -0.4 is 4.72 Å². The molecule has 0 saturated carbocycles. The molecule has 0 aromatic rings. The van der Waals surface area contributed by atoms with E-state index in [1.165, 1.54) is 0 Å². The molecule has 0 bridgehead atoms. The third-order valence-electron chi connectivity index (χ3n) is 0.0956. The van der Waals surface area contributed by atoms with Crippen molar-refractivity contribution in [3.63, 3.8) is 0 Å². The minimum absolute atomic E-state index is 0. The number of carbonyl (C=O) groups is 1. The summed E-state index contributed by atoms with van der Waals surface area (Å²) in [7, 11) is 0. The number of rotatable bonds is 0. The van der Waals surface area contributed by atoms with Gasteiger partial charge < -0.3 is 0 Å². The van der Waals surface area contributed by atoms with Crippen LogP contribution in [-0.4, -0.2) is 29.7 Å². The molecule has 1 amide bonds. The van der Waals surface area contributed by atoms with E-state index in [9.17, 15) is 4.79 Å². The van der Waals surface area contributed by atoms with Gasteiger partial charge in [0.25, 0.3) is 5.24 Å². The molecule has 0 spiro atoms. The first-order chi connectivity index (χ1) is 2.27. The van der Waals surface area contributed by atoms with Crippen LogP contribution in [0.5, 0.6) is 0 Å². The third-order valence-corrected chi connectivity index (χ3v) is 0.587. The van der Waals surface area contributed by atoms with Crippen LogP contribution in [0.15, 0.2) is 0 Å². The minimum atomic E-state index is -0.437. The van der Waals surface area contributed by atoms with Gasteiger partial charge >= 0.3 is 24.4 Å². The second-order valence-corrected chi connectivity index (χ2v) is 1.05. The molecule has 0 unspecified atom stereocenters. The second-order valence-electron chi connectivity index (χ2n) is 0.417. The molecule has 0 aliphatic carbocycles. The number of carbonyl (C=O) groups excluding carboxylic acids is 1. The van der Waals surface area contributed by atoms with Crippen LogP contribution in [0.1, 0.15) is 0 Å². The Bertz CT molecular complexity index is 48.8. The van der Waals surface area contributed by atoms with Crippen LogP contribution in [0.2, 0.25) is 0 Å². The number of hydrogen-bond acceptors (Lipinski definition) is 2. The van der Waals surface area contributed by atoms with E-state index in [-0.39, 0.29) is 24.4 Å². The standard InChI is InChI=1S/CH3NOS2.Sb.3H/c3-1(4)2-5;;;;/h5H,(H2,2,3,4);;;;. The number of nitrogens with one attached hydrogen (secondary N) is 1. The van der Waals surface area contributed by atoms with Crippen molar-refractivity contribution in [2.24, 2.45) is 0 Å². The van der Waals surface area contributed by atoms with Crippen LogP contribution in [0.4, 0.5) is 4.79 Å². The Morgan fingerprint density at radius 1 is 1.67 bits per heavy atom. The van der Waals surface area contributed by atoms with Gasteiger partial charge in [0.2, 0.25) is 0 Å². The summed E-state index contributed by atoms with van der Waals surface area (Å²) in [4.78, 5) is 9.49. The summed E-state index contributed by atoms with van der Waals surface area (Å²) in [6, 6.07) is 0. The second kappa shape index (κ2) is 5.99. The predicted octanol–water partition coefficient (Wildman–Crippen LogP) is -0.713. The van der Waals surface area contributed by atoms with Crippen LogP contribution in [0.3, 0.4) is 0 Å². The fourth-order valence-corrected chi connectivity index (χ4v) is 0. The van der Waals surface area contributed by atoms with Gasteiger partial charge in [-0.05, 0) is 0 Å². The van der Waals surface area contributed by atoms with Gasteiger partial charge in [-0.15, -0.1) is 0 Å². The van der Waals surface area contributed by atoms with Crippen molar-refractivity contribution in [1.29, 1.82) is 0 Å². The van der Waals surface area contributed by atoms with Crippen molar-refractivity contribution in [2.75, 3.05) is 0 Å². The topological polar surface area (TPSA) is 29.1 Å². The molecule has 0 aromatic carbocycles. The molecule has 38 valence electrons. The van der Waals surface area contributed by atoms with Crippen molar-refractivity contribution in [3.8, 4) is 0 Å². The van der Waals surface area contributed by atoms with Gasteiger partial charge in [-0.1, -0.05) is 25.4 Å². The van der Waals surface area contributed by atoms with E-state index >= 15 is 0 Å². The molecule has 0 atom stereocenters. The van der Waals surface area contributed by atoms with E-state index in [0.29, 0.717) is 0 Å². The third kappa shape index (κ3) is 8.89. The predicted molar refractivity (Wildman–Crippen MR) is 36.4 cm³/mol. The molecule has 0 rings (SSSR count). The van der Waals surface area contributed by atoms with Crippen LogP contribution in [0.25, 0.3) is 0 Å². The molecule has 0 fully saturated rings. The Balaban J connectivity index is 0. The zero-order valence-electron chi connectivity index (χ0n) is 3.01. The van der Waals surface area contributed by atoms with E-state index in [1.807, 2.05) is 4.72 Å². The number of amides is 1. The molecule has 0 radical (unpaired) electrons. The van der Waals surface area contributed by atoms with Gasteiger partial charge in [-0.3, -0.25) is 9.52 Å². The molecule has 0 heterocycles. The van der Waals surface area contributed by atoms with Crippen molar-refractivity contribution < 1.29 is 4.79 Å². The fraction of sp³-hybridized carbons (Fsp3) is 0. The van der Waals surface area contributed by atoms with Crippen molar-refractivity contribution in [2.45, 2.75) is 0 Å². The molecular formula is CH6NOS2Sb. The quantitative estimate of drug-likeness (QED) is 0.375. The van der Waals surface area contributed by atoms with Gasteiger partial charge in [0.1, 0.15) is 0 Å². The Labute approximate surface area is 64.5 Å². The maximum absolute atomic E-state index is 9.49. The zero-order chi connectivity index (χ0) is 4.28. The molecule has 1 N–H and O–H groups in total. The summed E-state index contributed by atoms with van der Waals surface area (Å²) < 4.78 is 1.95. The first kappa shape index (κ1) is 10.1. The summed E-state index contributed by atoms with van der Waals surface area (Å²) in [5.74, 6) is 0. The summed E-state index contributed by atoms with van der Waals surface area (Å²) >= 11 is 6.61. The first-order valence-electron chi connectivity index (χ1n) is 0.901. The van der Waals surface area contributed by atoms with Gasteiger partial charge in [-0.25, -0.2) is 0 Å². The van der Waals surface area contributed by atoms with E-state index in [2.05, 4.69) is 25.4 Å². The number of hydrogen-bond donors (Lipinski definition) is 3.